The van der Waals surface area contributed by atoms with Crippen molar-refractivity contribution in [1.82, 2.24) is 15.6 Å². The van der Waals surface area contributed by atoms with Crippen molar-refractivity contribution in [3.8, 4) is 0 Å². The van der Waals surface area contributed by atoms with Gasteiger partial charge in [-0.3, -0.25) is 9.78 Å². The van der Waals surface area contributed by atoms with Gasteiger partial charge in [0.05, 0.1) is 13.2 Å². The third-order valence-electron chi connectivity index (χ3n) is 2.73. The van der Waals surface area contributed by atoms with Crippen molar-refractivity contribution in [2.24, 2.45) is 0 Å². The van der Waals surface area contributed by atoms with Crippen LogP contribution in [0, 0.1) is 6.92 Å². The molecule has 92 valence electrons. The molecule has 0 aliphatic carbocycles. The minimum atomic E-state index is -0.129. The van der Waals surface area contributed by atoms with Gasteiger partial charge in [0.2, 0.25) is 0 Å². The van der Waals surface area contributed by atoms with E-state index in [1.54, 1.807) is 6.20 Å². The number of aryl methyl sites for hydroxylation is 1. The van der Waals surface area contributed by atoms with Crippen molar-refractivity contribution in [2.75, 3.05) is 26.3 Å². The number of morpholine rings is 1. The molecule has 0 bridgehead atoms. The number of rotatable bonds is 3. The molecule has 0 spiro atoms. The molecule has 5 nitrogen and oxygen atoms in total. The summed E-state index contributed by atoms with van der Waals surface area (Å²) < 4.78 is 5.31. The lowest BCUT2D eigenvalue weighted by Gasteiger charge is -2.23. The monoisotopic (exact) mass is 235 g/mol. The number of ether oxygens (including phenoxy) is 1. The molecule has 2 heterocycles. The highest BCUT2D eigenvalue weighted by molar-refractivity contribution is 5.93. The molecule has 1 atom stereocenters. The van der Waals surface area contributed by atoms with Crippen LogP contribution in [0.15, 0.2) is 18.3 Å². The molecule has 0 saturated carbocycles. The third-order valence-corrected chi connectivity index (χ3v) is 2.73. The standard InChI is InChI=1S/C12H17N3O2/c1-9-3-2-4-14-11(9)12(16)15-7-10-8-17-6-5-13-10/h2-4,10,13H,5-8H2,1H3,(H,15,16). The van der Waals surface area contributed by atoms with E-state index >= 15 is 0 Å². The first-order valence-corrected chi connectivity index (χ1v) is 5.78. The van der Waals surface area contributed by atoms with Crippen LogP contribution in [0.1, 0.15) is 16.1 Å². The van der Waals surface area contributed by atoms with E-state index in [-0.39, 0.29) is 11.9 Å². The number of aromatic nitrogens is 1. The molecule has 2 N–H and O–H groups in total. The lowest BCUT2D eigenvalue weighted by atomic mass is 10.2. The van der Waals surface area contributed by atoms with Crippen LogP contribution in [-0.2, 0) is 4.74 Å². The van der Waals surface area contributed by atoms with Crippen molar-refractivity contribution in [1.29, 1.82) is 0 Å². The molecule has 5 heteroatoms. The fraction of sp³-hybridized carbons (Fsp3) is 0.500. The summed E-state index contributed by atoms with van der Waals surface area (Å²) in [4.78, 5) is 15.9. The minimum absolute atomic E-state index is 0.129. The van der Waals surface area contributed by atoms with E-state index in [1.165, 1.54) is 0 Å². The number of carbonyl (C=O) groups excluding carboxylic acids is 1. The first-order chi connectivity index (χ1) is 8.27. The lowest BCUT2D eigenvalue weighted by molar-refractivity contribution is 0.0733. The summed E-state index contributed by atoms with van der Waals surface area (Å²) in [5, 5.41) is 6.15. The predicted octanol–water partition coefficient (Wildman–Crippen LogP) is 0.108. The van der Waals surface area contributed by atoms with E-state index in [9.17, 15) is 4.79 Å². The van der Waals surface area contributed by atoms with Crippen molar-refractivity contribution < 1.29 is 9.53 Å². The maximum Gasteiger partial charge on any atom is 0.270 e. The Morgan fingerprint density at radius 3 is 3.29 bits per heavy atom. The lowest BCUT2D eigenvalue weighted by Crippen LogP contribution is -2.48. The van der Waals surface area contributed by atoms with Crippen LogP contribution in [0.2, 0.25) is 0 Å². The van der Waals surface area contributed by atoms with Gasteiger partial charge in [0.25, 0.3) is 5.91 Å². The fourth-order valence-electron chi connectivity index (χ4n) is 1.77. The molecule has 0 aromatic carbocycles. The van der Waals surface area contributed by atoms with Gasteiger partial charge in [-0.1, -0.05) is 6.07 Å². The molecule has 1 unspecified atom stereocenters. The smallest absolute Gasteiger partial charge is 0.270 e. The minimum Gasteiger partial charge on any atom is -0.378 e. The molecule has 1 saturated heterocycles. The Balaban J connectivity index is 1.87. The summed E-state index contributed by atoms with van der Waals surface area (Å²) in [5.74, 6) is -0.129. The van der Waals surface area contributed by atoms with E-state index in [2.05, 4.69) is 15.6 Å². The van der Waals surface area contributed by atoms with Crippen LogP contribution in [0.5, 0.6) is 0 Å². The molecule has 1 fully saturated rings. The van der Waals surface area contributed by atoms with Gasteiger partial charge in [0, 0.05) is 25.3 Å². The van der Waals surface area contributed by atoms with Gasteiger partial charge in [-0.2, -0.15) is 0 Å². The Hall–Kier alpha value is -1.46. The Morgan fingerprint density at radius 1 is 1.71 bits per heavy atom. The summed E-state index contributed by atoms with van der Waals surface area (Å²) in [6, 6.07) is 3.89. The first-order valence-electron chi connectivity index (χ1n) is 5.78. The average Bonchev–Trinajstić information content (AvgIpc) is 2.38. The number of carbonyl (C=O) groups is 1. The Labute approximate surface area is 101 Å². The van der Waals surface area contributed by atoms with E-state index in [1.807, 2.05) is 19.1 Å². The van der Waals surface area contributed by atoms with Crippen molar-refractivity contribution in [3.63, 3.8) is 0 Å². The van der Waals surface area contributed by atoms with Gasteiger partial charge in [-0.25, -0.2) is 0 Å². The van der Waals surface area contributed by atoms with E-state index in [0.717, 1.165) is 18.7 Å². The van der Waals surface area contributed by atoms with Crippen LogP contribution in [0.25, 0.3) is 0 Å². The number of nitrogens with zero attached hydrogens (tertiary/aromatic N) is 1. The summed E-state index contributed by atoms with van der Waals surface area (Å²) in [6.45, 7) is 4.66. The van der Waals surface area contributed by atoms with Crippen LogP contribution >= 0.6 is 0 Å². The summed E-state index contributed by atoms with van der Waals surface area (Å²) in [6.07, 6.45) is 1.63. The maximum absolute atomic E-state index is 11.9. The zero-order valence-corrected chi connectivity index (χ0v) is 9.90. The number of amides is 1. The summed E-state index contributed by atoms with van der Waals surface area (Å²) in [5.41, 5.74) is 1.38. The van der Waals surface area contributed by atoms with Gasteiger partial charge >= 0.3 is 0 Å². The Kier molecular flexibility index (Phi) is 4.06. The summed E-state index contributed by atoms with van der Waals surface area (Å²) >= 11 is 0. The highest BCUT2D eigenvalue weighted by atomic mass is 16.5. The molecule has 1 aliphatic rings. The van der Waals surface area contributed by atoms with Crippen LogP contribution in [0.3, 0.4) is 0 Å². The molecule has 1 aliphatic heterocycles. The maximum atomic E-state index is 11.9. The second-order valence-electron chi connectivity index (χ2n) is 4.10. The average molecular weight is 235 g/mol. The van der Waals surface area contributed by atoms with Gasteiger partial charge in [0.1, 0.15) is 5.69 Å². The number of hydrogen-bond acceptors (Lipinski definition) is 4. The molecule has 2 rings (SSSR count). The van der Waals surface area contributed by atoms with Crippen molar-refractivity contribution >= 4 is 5.91 Å². The fourth-order valence-corrected chi connectivity index (χ4v) is 1.77. The SMILES string of the molecule is Cc1cccnc1C(=O)NCC1COCCN1. The third kappa shape index (κ3) is 3.25. The van der Waals surface area contributed by atoms with Crippen molar-refractivity contribution in [3.05, 3.63) is 29.6 Å². The molecular weight excluding hydrogens is 218 g/mol. The predicted molar refractivity (Wildman–Crippen MR) is 63.9 cm³/mol. The van der Waals surface area contributed by atoms with E-state index in [0.29, 0.717) is 18.8 Å². The van der Waals surface area contributed by atoms with Crippen LogP contribution in [0.4, 0.5) is 0 Å². The van der Waals surface area contributed by atoms with Gasteiger partial charge < -0.3 is 15.4 Å². The number of nitrogens with one attached hydrogen (secondary N) is 2. The van der Waals surface area contributed by atoms with Crippen LogP contribution < -0.4 is 10.6 Å². The molecule has 1 aromatic heterocycles. The first kappa shape index (κ1) is 12.0. The zero-order valence-electron chi connectivity index (χ0n) is 9.90. The normalized spacial score (nSPS) is 19.9. The second kappa shape index (κ2) is 5.75. The highest BCUT2D eigenvalue weighted by Crippen LogP contribution is 2.02. The van der Waals surface area contributed by atoms with Gasteiger partial charge in [-0.15, -0.1) is 0 Å². The topological polar surface area (TPSA) is 63.2 Å². The summed E-state index contributed by atoms with van der Waals surface area (Å²) in [7, 11) is 0. The second-order valence-corrected chi connectivity index (χ2v) is 4.10. The largest absolute Gasteiger partial charge is 0.378 e. The zero-order chi connectivity index (χ0) is 12.1. The van der Waals surface area contributed by atoms with Crippen molar-refractivity contribution in [2.45, 2.75) is 13.0 Å². The molecular formula is C12H17N3O2. The highest BCUT2D eigenvalue weighted by Gasteiger charge is 2.15. The number of hydrogen-bond donors (Lipinski definition) is 2. The molecule has 0 radical (unpaired) electrons. The van der Waals surface area contributed by atoms with E-state index in [4.69, 9.17) is 4.74 Å². The van der Waals surface area contributed by atoms with Gasteiger partial charge in [-0.05, 0) is 18.6 Å². The Morgan fingerprint density at radius 2 is 2.59 bits per heavy atom. The molecule has 1 amide bonds. The Bertz CT molecular complexity index is 389. The molecule has 1 aromatic rings. The number of pyridine rings is 1. The van der Waals surface area contributed by atoms with Crippen LogP contribution in [-0.4, -0.2) is 43.2 Å². The molecule has 17 heavy (non-hydrogen) atoms. The van der Waals surface area contributed by atoms with E-state index < -0.39 is 0 Å². The van der Waals surface area contributed by atoms with Gasteiger partial charge in [0.15, 0.2) is 0 Å². The quantitative estimate of drug-likeness (QED) is 0.780.